The first-order valence-electron chi connectivity index (χ1n) is 6.69. The lowest BCUT2D eigenvalue weighted by atomic mass is 9.87. The van der Waals surface area contributed by atoms with Crippen LogP contribution in [0.2, 0.25) is 0 Å². The largest absolute Gasteiger partial charge is 0.492 e. The minimum Gasteiger partial charge on any atom is -0.492 e. The maximum Gasteiger partial charge on any atom is 0.227 e. The summed E-state index contributed by atoms with van der Waals surface area (Å²) in [5.41, 5.74) is 6.31. The molecule has 0 aliphatic rings. The van der Waals surface area contributed by atoms with Gasteiger partial charge in [-0.25, -0.2) is 0 Å². The quantitative estimate of drug-likeness (QED) is 0.739. The summed E-state index contributed by atoms with van der Waals surface area (Å²) in [5.74, 6) is 0.816. The highest BCUT2D eigenvalue weighted by atomic mass is 16.5. The van der Waals surface area contributed by atoms with Crippen LogP contribution in [-0.2, 0) is 4.79 Å². The summed E-state index contributed by atoms with van der Waals surface area (Å²) in [5, 5.41) is 2.87. The summed E-state index contributed by atoms with van der Waals surface area (Å²) >= 11 is 0. The molecule has 0 bridgehead atoms. The number of amides is 1. The second-order valence-electron chi connectivity index (χ2n) is 5.04. The summed E-state index contributed by atoms with van der Waals surface area (Å²) in [4.78, 5) is 11.9. The Morgan fingerprint density at radius 3 is 2.79 bits per heavy atom. The Hall–Kier alpha value is -1.55. The molecule has 1 amide bonds. The molecule has 1 rings (SSSR count). The molecule has 1 atom stereocenters. The van der Waals surface area contributed by atoms with Crippen LogP contribution >= 0.6 is 0 Å². The van der Waals surface area contributed by atoms with Crippen LogP contribution < -0.4 is 15.8 Å². The fourth-order valence-electron chi connectivity index (χ4n) is 1.65. The van der Waals surface area contributed by atoms with Crippen molar-refractivity contribution in [3.8, 4) is 5.75 Å². The molecule has 0 radical (unpaired) electrons. The number of benzene rings is 1. The lowest BCUT2D eigenvalue weighted by Gasteiger charge is -2.24. The van der Waals surface area contributed by atoms with E-state index in [0.29, 0.717) is 19.7 Å². The molecule has 106 valence electrons. The standard InChI is InChI=1S/C15H24N2O2/c1-4-15(3,11-16)14(18)17-8-9-19-13-7-5-6-12(2)10-13/h5-7,10H,4,8-9,11,16H2,1-3H3,(H,17,18). The van der Waals surface area contributed by atoms with Gasteiger partial charge in [0.15, 0.2) is 0 Å². The third-order valence-corrected chi connectivity index (χ3v) is 3.42. The lowest BCUT2D eigenvalue weighted by Crippen LogP contribution is -2.44. The van der Waals surface area contributed by atoms with Crippen LogP contribution in [0.3, 0.4) is 0 Å². The van der Waals surface area contributed by atoms with Gasteiger partial charge in [-0.1, -0.05) is 19.1 Å². The third kappa shape index (κ3) is 4.56. The van der Waals surface area contributed by atoms with Gasteiger partial charge < -0.3 is 15.8 Å². The number of nitrogens with two attached hydrogens (primary N) is 1. The molecule has 4 heteroatoms. The van der Waals surface area contributed by atoms with E-state index in [1.54, 1.807) is 0 Å². The molecular formula is C15H24N2O2. The fourth-order valence-corrected chi connectivity index (χ4v) is 1.65. The van der Waals surface area contributed by atoms with E-state index in [1.165, 1.54) is 0 Å². The molecule has 0 spiro atoms. The van der Waals surface area contributed by atoms with E-state index in [0.717, 1.165) is 17.7 Å². The van der Waals surface area contributed by atoms with Crippen LogP contribution in [0.4, 0.5) is 0 Å². The number of hydrogen-bond acceptors (Lipinski definition) is 3. The van der Waals surface area contributed by atoms with Crippen molar-refractivity contribution in [2.45, 2.75) is 27.2 Å². The molecule has 0 heterocycles. The van der Waals surface area contributed by atoms with Crippen molar-refractivity contribution in [3.63, 3.8) is 0 Å². The second-order valence-corrected chi connectivity index (χ2v) is 5.04. The number of rotatable bonds is 7. The Balaban J connectivity index is 2.33. The molecule has 1 aromatic carbocycles. The van der Waals surface area contributed by atoms with Crippen molar-refractivity contribution in [2.75, 3.05) is 19.7 Å². The van der Waals surface area contributed by atoms with Gasteiger partial charge in [0.25, 0.3) is 0 Å². The van der Waals surface area contributed by atoms with Gasteiger partial charge in [0.2, 0.25) is 5.91 Å². The van der Waals surface area contributed by atoms with Crippen molar-refractivity contribution in [3.05, 3.63) is 29.8 Å². The van der Waals surface area contributed by atoms with Crippen LogP contribution in [0.5, 0.6) is 5.75 Å². The minimum absolute atomic E-state index is 0.00894. The fraction of sp³-hybridized carbons (Fsp3) is 0.533. The summed E-state index contributed by atoms with van der Waals surface area (Å²) in [6.45, 7) is 7.16. The third-order valence-electron chi connectivity index (χ3n) is 3.42. The smallest absolute Gasteiger partial charge is 0.227 e. The predicted octanol–water partition coefficient (Wildman–Crippen LogP) is 1.87. The molecule has 4 nitrogen and oxygen atoms in total. The van der Waals surface area contributed by atoms with E-state index in [-0.39, 0.29) is 5.91 Å². The molecule has 0 aromatic heterocycles. The van der Waals surface area contributed by atoms with Crippen molar-refractivity contribution < 1.29 is 9.53 Å². The normalized spacial score (nSPS) is 13.7. The number of carbonyl (C=O) groups excluding carboxylic acids is 1. The Morgan fingerprint density at radius 2 is 2.21 bits per heavy atom. The predicted molar refractivity (Wildman–Crippen MR) is 77.1 cm³/mol. The molecule has 1 aromatic rings. The van der Waals surface area contributed by atoms with Crippen molar-refractivity contribution in [2.24, 2.45) is 11.1 Å². The van der Waals surface area contributed by atoms with Crippen LogP contribution in [0, 0.1) is 12.3 Å². The molecule has 0 saturated heterocycles. The zero-order valence-electron chi connectivity index (χ0n) is 12.0. The van der Waals surface area contributed by atoms with Gasteiger partial charge in [-0.05, 0) is 38.0 Å². The maximum atomic E-state index is 11.9. The van der Waals surface area contributed by atoms with E-state index in [4.69, 9.17) is 10.5 Å². The first-order valence-corrected chi connectivity index (χ1v) is 6.69. The van der Waals surface area contributed by atoms with Gasteiger partial charge in [-0.15, -0.1) is 0 Å². The SMILES string of the molecule is CCC(C)(CN)C(=O)NCCOc1cccc(C)c1. The average molecular weight is 264 g/mol. The molecule has 0 fully saturated rings. The van der Waals surface area contributed by atoms with Crippen LogP contribution in [-0.4, -0.2) is 25.6 Å². The van der Waals surface area contributed by atoms with Crippen molar-refractivity contribution in [1.82, 2.24) is 5.32 Å². The van der Waals surface area contributed by atoms with Crippen LogP contribution in [0.25, 0.3) is 0 Å². The topological polar surface area (TPSA) is 64.4 Å². The maximum absolute atomic E-state index is 11.9. The molecule has 0 aliphatic carbocycles. The van der Waals surface area contributed by atoms with Gasteiger partial charge in [0.05, 0.1) is 12.0 Å². The zero-order chi connectivity index (χ0) is 14.3. The summed E-state index contributed by atoms with van der Waals surface area (Å²) in [6, 6.07) is 7.84. The number of nitrogens with one attached hydrogen (secondary N) is 1. The Kier molecular flexibility index (Phi) is 5.83. The Morgan fingerprint density at radius 1 is 1.47 bits per heavy atom. The molecular weight excluding hydrogens is 240 g/mol. The molecule has 0 saturated carbocycles. The molecule has 3 N–H and O–H groups in total. The number of carbonyl (C=O) groups is 1. The van der Waals surface area contributed by atoms with Gasteiger partial charge in [0.1, 0.15) is 12.4 Å². The number of aryl methyl sites for hydroxylation is 1. The Labute approximate surface area is 115 Å². The monoisotopic (exact) mass is 264 g/mol. The highest BCUT2D eigenvalue weighted by molar-refractivity contribution is 5.82. The van der Waals surface area contributed by atoms with Gasteiger partial charge in [0, 0.05) is 6.54 Å². The van der Waals surface area contributed by atoms with E-state index in [9.17, 15) is 4.79 Å². The van der Waals surface area contributed by atoms with E-state index < -0.39 is 5.41 Å². The number of ether oxygens (including phenoxy) is 1. The highest BCUT2D eigenvalue weighted by Gasteiger charge is 2.28. The second kappa shape index (κ2) is 7.14. The van der Waals surface area contributed by atoms with Crippen molar-refractivity contribution >= 4 is 5.91 Å². The lowest BCUT2D eigenvalue weighted by molar-refractivity contribution is -0.130. The first-order chi connectivity index (χ1) is 9.01. The average Bonchev–Trinajstić information content (AvgIpc) is 2.42. The van der Waals surface area contributed by atoms with E-state index in [2.05, 4.69) is 5.32 Å². The Bertz CT molecular complexity index is 414. The zero-order valence-corrected chi connectivity index (χ0v) is 12.0. The minimum atomic E-state index is -0.483. The van der Waals surface area contributed by atoms with E-state index >= 15 is 0 Å². The van der Waals surface area contributed by atoms with Gasteiger partial charge in [-0.2, -0.15) is 0 Å². The summed E-state index contributed by atoms with van der Waals surface area (Å²) in [6.07, 6.45) is 0.730. The number of hydrogen-bond donors (Lipinski definition) is 2. The van der Waals surface area contributed by atoms with Crippen LogP contribution in [0.15, 0.2) is 24.3 Å². The molecule has 1 unspecified atom stereocenters. The summed E-state index contributed by atoms with van der Waals surface area (Å²) < 4.78 is 5.57. The first kappa shape index (κ1) is 15.5. The molecule has 0 aliphatic heterocycles. The summed E-state index contributed by atoms with van der Waals surface area (Å²) in [7, 11) is 0. The molecule has 19 heavy (non-hydrogen) atoms. The van der Waals surface area contributed by atoms with Crippen LogP contribution in [0.1, 0.15) is 25.8 Å². The van der Waals surface area contributed by atoms with Crippen molar-refractivity contribution in [1.29, 1.82) is 0 Å². The van der Waals surface area contributed by atoms with E-state index in [1.807, 2.05) is 45.0 Å². The van der Waals surface area contributed by atoms with Gasteiger partial charge in [-0.3, -0.25) is 4.79 Å². The highest BCUT2D eigenvalue weighted by Crippen LogP contribution is 2.18. The van der Waals surface area contributed by atoms with Gasteiger partial charge >= 0.3 is 0 Å².